The first-order valence-corrected chi connectivity index (χ1v) is 9.76. The quantitative estimate of drug-likeness (QED) is 0.467. The van der Waals surface area contributed by atoms with Crippen molar-refractivity contribution in [2.75, 3.05) is 6.54 Å². The Labute approximate surface area is 166 Å². The van der Waals surface area contributed by atoms with Gasteiger partial charge in [-0.05, 0) is 18.1 Å². The summed E-state index contributed by atoms with van der Waals surface area (Å²) in [4.78, 5) is 4.77. The average molecular weight is 377 g/mol. The lowest BCUT2D eigenvalue weighted by molar-refractivity contribution is 0.619. The Morgan fingerprint density at radius 1 is 1.07 bits per heavy atom. The Balaban J connectivity index is 1.65. The molecule has 3 aromatic rings. The van der Waals surface area contributed by atoms with Crippen LogP contribution in [0, 0.1) is 0 Å². The summed E-state index contributed by atoms with van der Waals surface area (Å²) in [6.45, 7) is 6.40. The van der Waals surface area contributed by atoms with Gasteiger partial charge in [0.05, 0.1) is 12.6 Å². The summed E-state index contributed by atoms with van der Waals surface area (Å²) in [6.07, 6.45) is 2.65. The minimum atomic E-state index is 0.157. The van der Waals surface area contributed by atoms with Crippen molar-refractivity contribution in [2.45, 2.75) is 39.4 Å². The van der Waals surface area contributed by atoms with E-state index in [9.17, 15) is 0 Å². The van der Waals surface area contributed by atoms with E-state index in [2.05, 4.69) is 75.6 Å². The van der Waals surface area contributed by atoms with Crippen LogP contribution < -0.4 is 10.6 Å². The monoisotopic (exact) mass is 376 g/mol. The summed E-state index contributed by atoms with van der Waals surface area (Å²) in [5.41, 5.74) is 2.41. The van der Waals surface area contributed by atoms with Crippen LogP contribution in [0.2, 0.25) is 0 Å². The molecule has 146 valence electrons. The molecule has 6 heteroatoms. The number of rotatable bonds is 8. The number of nitrogens with zero attached hydrogens (tertiary/aromatic N) is 4. The minimum absolute atomic E-state index is 0.157. The van der Waals surface area contributed by atoms with E-state index >= 15 is 0 Å². The topological polar surface area (TPSA) is 67.1 Å². The molecule has 2 N–H and O–H groups in total. The molecular weight excluding hydrogens is 348 g/mol. The number of guanidine groups is 1. The molecule has 2 aromatic carbocycles. The maximum absolute atomic E-state index is 4.77. The van der Waals surface area contributed by atoms with Crippen molar-refractivity contribution >= 4 is 5.96 Å². The van der Waals surface area contributed by atoms with Crippen molar-refractivity contribution in [1.29, 1.82) is 0 Å². The van der Waals surface area contributed by atoms with Gasteiger partial charge >= 0.3 is 0 Å². The molecular formula is C22H28N6. The molecule has 1 heterocycles. The summed E-state index contributed by atoms with van der Waals surface area (Å²) in [5.74, 6) is 1.79. The number of aryl methyl sites for hydroxylation is 1. The van der Waals surface area contributed by atoms with Crippen molar-refractivity contribution in [3.05, 3.63) is 83.9 Å². The van der Waals surface area contributed by atoms with Gasteiger partial charge in [0, 0.05) is 19.5 Å². The molecule has 1 unspecified atom stereocenters. The molecule has 0 spiro atoms. The molecule has 0 amide bonds. The zero-order valence-corrected chi connectivity index (χ0v) is 16.5. The van der Waals surface area contributed by atoms with E-state index in [-0.39, 0.29) is 6.04 Å². The molecule has 28 heavy (non-hydrogen) atoms. The Morgan fingerprint density at radius 3 is 2.50 bits per heavy atom. The maximum Gasteiger partial charge on any atom is 0.192 e. The highest BCUT2D eigenvalue weighted by Gasteiger charge is 2.08. The molecule has 6 nitrogen and oxygen atoms in total. The second kappa shape index (κ2) is 10.3. The van der Waals surface area contributed by atoms with Gasteiger partial charge in [0.25, 0.3) is 0 Å². The Morgan fingerprint density at radius 2 is 1.79 bits per heavy atom. The van der Waals surface area contributed by atoms with Gasteiger partial charge in [0.2, 0.25) is 0 Å². The summed E-state index contributed by atoms with van der Waals surface area (Å²) in [5, 5.41) is 15.1. The first-order valence-electron chi connectivity index (χ1n) is 9.76. The summed E-state index contributed by atoms with van der Waals surface area (Å²) < 4.78 is 2.07. The van der Waals surface area contributed by atoms with Gasteiger partial charge < -0.3 is 15.2 Å². The molecule has 0 saturated carbocycles. The Hall–Kier alpha value is -3.15. The molecule has 0 bridgehead atoms. The zero-order valence-electron chi connectivity index (χ0n) is 16.5. The first kappa shape index (κ1) is 19.6. The smallest absolute Gasteiger partial charge is 0.192 e. The van der Waals surface area contributed by atoms with Crippen LogP contribution in [0.1, 0.15) is 36.8 Å². The number of hydrogen-bond acceptors (Lipinski definition) is 3. The third-order valence-electron chi connectivity index (χ3n) is 4.57. The molecule has 1 atom stereocenters. The standard InChI is InChI=1S/C22H28N6/c1-3-21-27-25-17-28(21)15-14-23-22(24-16-19-10-6-4-7-11-19)26-18(2)20-12-8-5-9-13-20/h4-13,17-18H,3,14-16H2,1-2H3,(H2,23,24,26). The fourth-order valence-electron chi connectivity index (χ4n) is 2.97. The fraction of sp³-hybridized carbons (Fsp3) is 0.318. The number of aliphatic imine (C=N–C) groups is 1. The van der Waals surface area contributed by atoms with E-state index in [4.69, 9.17) is 4.99 Å². The van der Waals surface area contributed by atoms with Crippen LogP contribution in [0.25, 0.3) is 0 Å². The van der Waals surface area contributed by atoms with Gasteiger partial charge in [0.15, 0.2) is 5.96 Å². The van der Waals surface area contributed by atoms with E-state index in [0.717, 1.165) is 31.3 Å². The molecule has 3 rings (SSSR count). The van der Waals surface area contributed by atoms with Crippen LogP contribution in [0.4, 0.5) is 0 Å². The van der Waals surface area contributed by atoms with Crippen molar-refractivity contribution in [3.63, 3.8) is 0 Å². The first-order chi connectivity index (χ1) is 13.8. The van der Waals surface area contributed by atoms with Gasteiger partial charge in [-0.15, -0.1) is 10.2 Å². The second-order valence-corrected chi connectivity index (χ2v) is 6.65. The van der Waals surface area contributed by atoms with Crippen molar-refractivity contribution in [2.24, 2.45) is 4.99 Å². The van der Waals surface area contributed by atoms with Crippen molar-refractivity contribution in [3.8, 4) is 0 Å². The SMILES string of the molecule is CCc1nncn1CCNC(=NCc1ccccc1)NC(C)c1ccccc1. The summed E-state index contributed by atoms with van der Waals surface area (Å²) in [6, 6.07) is 20.8. The lowest BCUT2D eigenvalue weighted by Gasteiger charge is -2.19. The lowest BCUT2D eigenvalue weighted by Crippen LogP contribution is -2.40. The Kier molecular flexibility index (Phi) is 7.18. The lowest BCUT2D eigenvalue weighted by atomic mass is 10.1. The fourth-order valence-corrected chi connectivity index (χ4v) is 2.97. The van der Waals surface area contributed by atoms with E-state index in [1.54, 1.807) is 6.33 Å². The second-order valence-electron chi connectivity index (χ2n) is 6.65. The highest BCUT2D eigenvalue weighted by molar-refractivity contribution is 5.80. The van der Waals surface area contributed by atoms with Crippen LogP contribution in [0.15, 0.2) is 72.0 Å². The minimum Gasteiger partial charge on any atom is -0.355 e. The van der Waals surface area contributed by atoms with Gasteiger partial charge in [0.1, 0.15) is 12.2 Å². The van der Waals surface area contributed by atoms with Gasteiger partial charge in [-0.1, -0.05) is 67.6 Å². The van der Waals surface area contributed by atoms with E-state index < -0.39 is 0 Å². The predicted octanol–water partition coefficient (Wildman–Crippen LogP) is 3.34. The highest BCUT2D eigenvalue weighted by atomic mass is 15.3. The highest BCUT2D eigenvalue weighted by Crippen LogP contribution is 2.11. The largest absolute Gasteiger partial charge is 0.355 e. The molecule has 0 aliphatic heterocycles. The Bertz CT molecular complexity index is 857. The number of aromatic nitrogens is 3. The molecule has 0 fully saturated rings. The van der Waals surface area contributed by atoms with Crippen LogP contribution in [0.5, 0.6) is 0 Å². The molecule has 0 aliphatic carbocycles. The predicted molar refractivity (Wildman–Crippen MR) is 113 cm³/mol. The molecule has 1 aromatic heterocycles. The van der Waals surface area contributed by atoms with Crippen molar-refractivity contribution < 1.29 is 0 Å². The van der Waals surface area contributed by atoms with E-state index in [1.807, 2.05) is 24.3 Å². The number of hydrogen-bond donors (Lipinski definition) is 2. The van der Waals surface area contributed by atoms with Crippen LogP contribution in [-0.2, 0) is 19.5 Å². The summed E-state index contributed by atoms with van der Waals surface area (Å²) >= 11 is 0. The number of benzene rings is 2. The number of nitrogens with one attached hydrogen (secondary N) is 2. The van der Waals surface area contributed by atoms with Gasteiger partial charge in [-0.3, -0.25) is 0 Å². The van der Waals surface area contributed by atoms with Gasteiger partial charge in [-0.25, -0.2) is 4.99 Å². The molecule has 0 radical (unpaired) electrons. The van der Waals surface area contributed by atoms with Crippen LogP contribution in [-0.4, -0.2) is 27.3 Å². The molecule has 0 aliphatic rings. The maximum atomic E-state index is 4.77. The third kappa shape index (κ3) is 5.67. The molecule has 0 saturated heterocycles. The summed E-state index contributed by atoms with van der Waals surface area (Å²) in [7, 11) is 0. The van der Waals surface area contributed by atoms with Crippen LogP contribution >= 0.6 is 0 Å². The zero-order chi connectivity index (χ0) is 19.6. The van der Waals surface area contributed by atoms with Crippen LogP contribution in [0.3, 0.4) is 0 Å². The van der Waals surface area contributed by atoms with Crippen molar-refractivity contribution in [1.82, 2.24) is 25.4 Å². The van der Waals surface area contributed by atoms with E-state index in [1.165, 1.54) is 11.1 Å². The normalized spacial score (nSPS) is 12.6. The third-order valence-corrected chi connectivity index (χ3v) is 4.57. The van der Waals surface area contributed by atoms with Gasteiger partial charge in [-0.2, -0.15) is 0 Å². The average Bonchev–Trinajstić information content (AvgIpc) is 3.20. The van der Waals surface area contributed by atoms with E-state index in [0.29, 0.717) is 6.54 Å².